The minimum atomic E-state index is -3.80. The van der Waals surface area contributed by atoms with Crippen LogP contribution in [-0.2, 0) is 14.8 Å². The molecule has 10 nitrogen and oxygen atoms in total. The Morgan fingerprint density at radius 1 is 1.03 bits per heavy atom. The minimum absolute atomic E-state index is 0.144. The Morgan fingerprint density at radius 2 is 1.67 bits per heavy atom. The lowest BCUT2D eigenvalue weighted by Crippen LogP contribution is -2.40. The normalized spacial score (nSPS) is 14.9. The zero-order chi connectivity index (χ0) is 23.6. The first-order chi connectivity index (χ1) is 15.6. The van der Waals surface area contributed by atoms with Crippen LogP contribution in [-0.4, -0.2) is 60.2 Å². The number of nitrogen functional groups attached to an aromatic ring is 1. The van der Waals surface area contributed by atoms with Crippen LogP contribution in [0.5, 0.6) is 0 Å². The summed E-state index contributed by atoms with van der Waals surface area (Å²) in [5.41, 5.74) is 7.18. The van der Waals surface area contributed by atoms with E-state index in [1.54, 1.807) is 63.5 Å². The van der Waals surface area contributed by atoms with E-state index in [1.807, 2.05) is 4.90 Å². The third-order valence-electron chi connectivity index (χ3n) is 4.87. The average Bonchev–Trinajstić information content (AvgIpc) is 2.78. The van der Waals surface area contributed by atoms with Crippen LogP contribution >= 0.6 is 0 Å². The number of hydrogen-bond acceptors (Lipinski definition) is 9. The van der Waals surface area contributed by atoms with Crippen LogP contribution < -0.4 is 15.4 Å². The van der Waals surface area contributed by atoms with Crippen molar-refractivity contribution in [3.8, 4) is 22.5 Å². The number of nitrogens with one attached hydrogen (secondary N) is 1. The SMILES string of the molecule is CC(C)(C)NS(=O)(=O)c1ccccc1-c1cc(-c2cnc(N)nc2)nc(N2CCOCC2)n1. The first-order valence-electron chi connectivity index (χ1n) is 10.6. The van der Waals surface area contributed by atoms with Crippen molar-refractivity contribution in [2.24, 2.45) is 0 Å². The third kappa shape index (κ3) is 5.44. The monoisotopic (exact) mass is 469 g/mol. The largest absolute Gasteiger partial charge is 0.378 e. The van der Waals surface area contributed by atoms with E-state index in [0.717, 1.165) is 0 Å². The minimum Gasteiger partial charge on any atom is -0.378 e. The van der Waals surface area contributed by atoms with Crippen molar-refractivity contribution in [1.82, 2.24) is 24.7 Å². The summed E-state index contributed by atoms with van der Waals surface area (Å²) in [6.45, 7) is 7.79. The Bertz CT molecular complexity index is 1240. The van der Waals surface area contributed by atoms with Crippen LogP contribution in [0.25, 0.3) is 22.5 Å². The van der Waals surface area contributed by atoms with Gasteiger partial charge in [-0.25, -0.2) is 33.1 Å². The van der Waals surface area contributed by atoms with E-state index >= 15 is 0 Å². The molecule has 1 saturated heterocycles. The Hall–Kier alpha value is -3.15. The van der Waals surface area contributed by atoms with Crippen molar-refractivity contribution in [2.75, 3.05) is 36.9 Å². The number of hydrogen-bond donors (Lipinski definition) is 2. The van der Waals surface area contributed by atoms with Crippen LogP contribution in [0.15, 0.2) is 47.6 Å². The smallest absolute Gasteiger partial charge is 0.241 e. The summed E-state index contributed by atoms with van der Waals surface area (Å²) >= 11 is 0. The van der Waals surface area contributed by atoms with Crippen molar-refractivity contribution in [2.45, 2.75) is 31.2 Å². The Balaban J connectivity index is 1.87. The number of morpholine rings is 1. The molecule has 0 amide bonds. The molecule has 0 spiro atoms. The summed E-state index contributed by atoms with van der Waals surface area (Å²) in [5.74, 6) is 0.643. The lowest BCUT2D eigenvalue weighted by atomic mass is 10.1. The molecule has 1 fully saturated rings. The molecule has 4 rings (SSSR count). The van der Waals surface area contributed by atoms with Crippen molar-refractivity contribution in [3.63, 3.8) is 0 Å². The number of ether oxygens (including phenoxy) is 1. The fourth-order valence-electron chi connectivity index (χ4n) is 3.47. The predicted octanol–water partition coefficient (Wildman–Crippen LogP) is 2.10. The molecule has 1 aromatic carbocycles. The maximum absolute atomic E-state index is 13.2. The first-order valence-corrected chi connectivity index (χ1v) is 12.0. The third-order valence-corrected chi connectivity index (χ3v) is 6.69. The summed E-state index contributed by atoms with van der Waals surface area (Å²) in [4.78, 5) is 19.7. The highest BCUT2D eigenvalue weighted by Gasteiger charge is 2.26. The molecule has 11 heteroatoms. The Labute approximate surface area is 193 Å². The van der Waals surface area contributed by atoms with E-state index < -0.39 is 15.6 Å². The number of anilines is 2. The highest BCUT2D eigenvalue weighted by Crippen LogP contribution is 2.31. The average molecular weight is 470 g/mol. The van der Waals surface area contributed by atoms with Gasteiger partial charge in [0.25, 0.3) is 0 Å². The van der Waals surface area contributed by atoms with Gasteiger partial charge in [-0.15, -0.1) is 0 Å². The van der Waals surface area contributed by atoms with Gasteiger partial charge in [0, 0.05) is 42.1 Å². The molecule has 0 unspecified atom stereocenters. The second kappa shape index (κ2) is 9.00. The van der Waals surface area contributed by atoms with Crippen molar-refractivity contribution < 1.29 is 13.2 Å². The number of sulfonamides is 1. The lowest BCUT2D eigenvalue weighted by Gasteiger charge is -2.27. The van der Waals surface area contributed by atoms with E-state index in [2.05, 4.69) is 14.7 Å². The van der Waals surface area contributed by atoms with Gasteiger partial charge in [-0.2, -0.15) is 0 Å². The molecular formula is C22H27N7O3S. The van der Waals surface area contributed by atoms with Gasteiger partial charge in [0.2, 0.25) is 21.9 Å². The van der Waals surface area contributed by atoms with Gasteiger partial charge >= 0.3 is 0 Å². The van der Waals surface area contributed by atoms with Crippen molar-refractivity contribution >= 4 is 21.9 Å². The van der Waals surface area contributed by atoms with Crippen LogP contribution in [0.1, 0.15) is 20.8 Å². The fraction of sp³-hybridized carbons (Fsp3) is 0.364. The van der Waals surface area contributed by atoms with Crippen LogP contribution in [0.2, 0.25) is 0 Å². The maximum atomic E-state index is 13.2. The molecule has 174 valence electrons. The number of aromatic nitrogens is 4. The first kappa shape index (κ1) is 23.0. The molecule has 3 N–H and O–H groups in total. The molecular weight excluding hydrogens is 442 g/mol. The van der Waals surface area contributed by atoms with E-state index in [-0.39, 0.29) is 10.8 Å². The summed E-state index contributed by atoms with van der Waals surface area (Å²) in [6, 6.07) is 8.54. The molecule has 0 radical (unpaired) electrons. The highest BCUT2D eigenvalue weighted by molar-refractivity contribution is 7.89. The molecule has 0 aliphatic carbocycles. The molecule has 33 heavy (non-hydrogen) atoms. The quantitative estimate of drug-likeness (QED) is 0.575. The van der Waals surface area contributed by atoms with Crippen LogP contribution in [0, 0.1) is 0 Å². The summed E-state index contributed by atoms with van der Waals surface area (Å²) in [6.07, 6.45) is 3.17. The number of nitrogens with zero attached hydrogens (tertiary/aromatic N) is 5. The summed E-state index contributed by atoms with van der Waals surface area (Å²) in [5, 5.41) is 0. The number of benzene rings is 1. The molecule has 1 aliphatic rings. The van der Waals surface area contributed by atoms with Crippen LogP contribution in [0.3, 0.4) is 0 Å². The molecule has 0 saturated carbocycles. The van der Waals surface area contributed by atoms with Gasteiger partial charge in [-0.1, -0.05) is 18.2 Å². The van der Waals surface area contributed by atoms with Gasteiger partial charge in [-0.05, 0) is 32.9 Å². The molecule has 0 atom stereocenters. The van der Waals surface area contributed by atoms with E-state index in [4.69, 9.17) is 20.4 Å². The van der Waals surface area contributed by atoms with Gasteiger partial charge in [0.05, 0.1) is 29.5 Å². The van der Waals surface area contributed by atoms with E-state index in [0.29, 0.717) is 54.8 Å². The summed E-state index contributed by atoms with van der Waals surface area (Å²) in [7, 11) is -3.80. The number of rotatable bonds is 5. The standard InChI is InChI=1S/C22H27N7O3S/c1-22(2,3)28-33(30,31)19-7-5-4-6-16(19)18-12-17(15-13-24-20(23)25-14-15)26-21(27-18)29-8-10-32-11-9-29/h4-7,12-14,28H,8-11H2,1-3H3,(H2,23,24,25). The Morgan fingerprint density at radius 3 is 2.33 bits per heavy atom. The number of nitrogens with two attached hydrogens (primary N) is 1. The van der Waals surface area contributed by atoms with Crippen LogP contribution in [0.4, 0.5) is 11.9 Å². The molecule has 3 aromatic rings. The second-order valence-electron chi connectivity index (χ2n) is 8.72. The van der Waals surface area contributed by atoms with E-state index in [9.17, 15) is 8.42 Å². The van der Waals surface area contributed by atoms with Gasteiger partial charge in [-0.3, -0.25) is 0 Å². The zero-order valence-electron chi connectivity index (χ0n) is 18.8. The fourth-order valence-corrected chi connectivity index (χ4v) is 5.10. The molecule has 3 heterocycles. The Kier molecular flexibility index (Phi) is 6.28. The molecule has 1 aliphatic heterocycles. The molecule has 0 bridgehead atoms. The molecule has 2 aromatic heterocycles. The van der Waals surface area contributed by atoms with Crippen molar-refractivity contribution in [3.05, 3.63) is 42.7 Å². The van der Waals surface area contributed by atoms with E-state index in [1.165, 1.54) is 0 Å². The van der Waals surface area contributed by atoms with Gasteiger partial charge in [0.1, 0.15) is 0 Å². The highest BCUT2D eigenvalue weighted by atomic mass is 32.2. The summed E-state index contributed by atoms with van der Waals surface area (Å²) < 4.78 is 34.6. The lowest BCUT2D eigenvalue weighted by molar-refractivity contribution is 0.122. The topological polar surface area (TPSA) is 136 Å². The predicted molar refractivity (Wildman–Crippen MR) is 126 cm³/mol. The zero-order valence-corrected chi connectivity index (χ0v) is 19.6. The second-order valence-corrected chi connectivity index (χ2v) is 10.4. The van der Waals surface area contributed by atoms with Crippen molar-refractivity contribution in [1.29, 1.82) is 0 Å². The van der Waals surface area contributed by atoms with Gasteiger partial charge < -0.3 is 15.4 Å². The van der Waals surface area contributed by atoms with Gasteiger partial charge in [0.15, 0.2) is 0 Å². The maximum Gasteiger partial charge on any atom is 0.241 e.